The number of nitrogens with zero attached hydrogens (tertiary/aromatic N) is 5. The van der Waals surface area contributed by atoms with E-state index in [1.807, 2.05) is 44.4 Å². The van der Waals surface area contributed by atoms with Crippen LogP contribution in [0.25, 0.3) is 16.9 Å². The highest BCUT2D eigenvalue weighted by molar-refractivity contribution is 7.09. The topological polar surface area (TPSA) is 103 Å². The molecule has 3 heterocycles. The van der Waals surface area contributed by atoms with Crippen LogP contribution in [0, 0.1) is 27.7 Å². The average molecular weight is 512 g/mol. The number of aryl methyl sites for hydroxylation is 4. The van der Waals surface area contributed by atoms with Crippen molar-refractivity contribution in [3.05, 3.63) is 78.6 Å². The maximum atomic E-state index is 13.3. The van der Waals surface area contributed by atoms with Gasteiger partial charge < -0.3 is 9.84 Å². The molecule has 0 amide bonds. The fourth-order valence-electron chi connectivity index (χ4n) is 3.61. The summed E-state index contributed by atoms with van der Waals surface area (Å²) in [5, 5.41) is 13.1. The normalized spacial score (nSPS) is 11.7. The number of ether oxygens (including phenoxy) is 1. The Morgan fingerprint density at radius 1 is 1.11 bits per heavy atom. The highest BCUT2D eigenvalue weighted by atomic mass is 35.5. The quantitative estimate of drug-likeness (QED) is 0.395. The SMILES string of the molecule is Cc1nc(COc2nc(C)n(-c3cc(-c4nc(C(C)(C)O)ncc4C)ccc3C)c(=O)c2Cl)cs1. The molecule has 35 heavy (non-hydrogen) atoms. The summed E-state index contributed by atoms with van der Waals surface area (Å²) >= 11 is 7.93. The Balaban J connectivity index is 1.76. The highest BCUT2D eigenvalue weighted by Crippen LogP contribution is 2.29. The maximum Gasteiger partial charge on any atom is 0.280 e. The minimum Gasteiger partial charge on any atom is -0.470 e. The van der Waals surface area contributed by atoms with Crippen LogP contribution in [0.15, 0.2) is 34.6 Å². The van der Waals surface area contributed by atoms with E-state index in [2.05, 4.69) is 19.9 Å². The van der Waals surface area contributed by atoms with Gasteiger partial charge in [0.15, 0.2) is 10.8 Å². The molecule has 8 nitrogen and oxygen atoms in total. The van der Waals surface area contributed by atoms with Gasteiger partial charge in [-0.1, -0.05) is 23.7 Å². The minimum atomic E-state index is -1.19. The molecule has 0 unspecified atom stereocenters. The minimum absolute atomic E-state index is 0.0753. The van der Waals surface area contributed by atoms with E-state index in [0.717, 1.165) is 27.4 Å². The summed E-state index contributed by atoms with van der Waals surface area (Å²) in [5.74, 6) is 0.821. The number of benzene rings is 1. The molecule has 1 N–H and O–H groups in total. The number of halogens is 1. The second-order valence-corrected chi connectivity index (χ2v) is 10.3. The molecule has 0 saturated carbocycles. The van der Waals surface area contributed by atoms with Gasteiger partial charge in [0.1, 0.15) is 18.0 Å². The van der Waals surface area contributed by atoms with Gasteiger partial charge in [0.05, 0.1) is 22.1 Å². The smallest absolute Gasteiger partial charge is 0.280 e. The van der Waals surface area contributed by atoms with Crippen molar-refractivity contribution in [3.8, 4) is 22.8 Å². The van der Waals surface area contributed by atoms with Crippen molar-refractivity contribution in [2.24, 2.45) is 0 Å². The lowest BCUT2D eigenvalue weighted by molar-refractivity contribution is 0.0688. The van der Waals surface area contributed by atoms with Gasteiger partial charge in [-0.25, -0.2) is 15.0 Å². The molecule has 182 valence electrons. The molecule has 0 spiro atoms. The van der Waals surface area contributed by atoms with E-state index in [1.165, 1.54) is 15.9 Å². The second kappa shape index (κ2) is 9.49. The summed E-state index contributed by atoms with van der Waals surface area (Å²) in [4.78, 5) is 31.0. The van der Waals surface area contributed by atoms with Gasteiger partial charge in [0.25, 0.3) is 5.56 Å². The molecule has 10 heteroatoms. The number of rotatable bonds is 6. The third-order valence-corrected chi connectivity index (χ3v) is 6.58. The summed E-state index contributed by atoms with van der Waals surface area (Å²) in [6, 6.07) is 5.69. The van der Waals surface area contributed by atoms with Crippen LogP contribution in [-0.2, 0) is 12.2 Å². The van der Waals surface area contributed by atoms with Crippen molar-refractivity contribution in [3.63, 3.8) is 0 Å². The lowest BCUT2D eigenvalue weighted by atomic mass is 10.0. The maximum absolute atomic E-state index is 13.3. The van der Waals surface area contributed by atoms with Gasteiger partial charge in [0.2, 0.25) is 5.88 Å². The van der Waals surface area contributed by atoms with Crippen molar-refractivity contribution in [1.29, 1.82) is 0 Å². The number of hydrogen-bond acceptors (Lipinski definition) is 8. The monoisotopic (exact) mass is 511 g/mol. The number of aliphatic hydroxyl groups is 1. The Hall–Kier alpha value is -3.14. The van der Waals surface area contributed by atoms with Crippen LogP contribution in [0.5, 0.6) is 5.88 Å². The summed E-state index contributed by atoms with van der Waals surface area (Å²) in [5.41, 5.74) is 2.91. The Labute approximate surface area is 212 Å². The number of aromatic nitrogens is 5. The third-order valence-electron chi connectivity index (χ3n) is 5.43. The molecular weight excluding hydrogens is 486 g/mol. The van der Waals surface area contributed by atoms with Crippen molar-refractivity contribution in [2.75, 3.05) is 0 Å². The van der Waals surface area contributed by atoms with Gasteiger partial charge in [0, 0.05) is 17.1 Å². The van der Waals surface area contributed by atoms with Crippen molar-refractivity contribution in [2.45, 2.75) is 53.8 Å². The largest absolute Gasteiger partial charge is 0.470 e. The van der Waals surface area contributed by atoms with E-state index in [-0.39, 0.29) is 17.5 Å². The zero-order chi connectivity index (χ0) is 25.5. The van der Waals surface area contributed by atoms with E-state index in [1.54, 1.807) is 27.0 Å². The molecule has 4 aromatic rings. The van der Waals surface area contributed by atoms with Crippen LogP contribution in [-0.4, -0.2) is 29.6 Å². The van der Waals surface area contributed by atoms with Crippen molar-refractivity contribution < 1.29 is 9.84 Å². The van der Waals surface area contributed by atoms with Crippen LogP contribution in [0.2, 0.25) is 5.02 Å². The molecule has 0 aliphatic carbocycles. The van der Waals surface area contributed by atoms with Crippen LogP contribution in [0.3, 0.4) is 0 Å². The number of thiazole rings is 1. The summed E-state index contributed by atoms with van der Waals surface area (Å²) in [6.45, 7) is 10.9. The van der Waals surface area contributed by atoms with Crippen LogP contribution >= 0.6 is 22.9 Å². The van der Waals surface area contributed by atoms with Crippen molar-refractivity contribution >= 4 is 22.9 Å². The molecule has 0 fully saturated rings. The molecule has 4 rings (SSSR count). The first-order valence-corrected chi connectivity index (χ1v) is 12.2. The summed E-state index contributed by atoms with van der Waals surface area (Å²) < 4.78 is 7.19. The molecule has 1 aromatic carbocycles. The molecule has 0 atom stereocenters. The Morgan fingerprint density at radius 3 is 2.51 bits per heavy atom. The zero-order valence-corrected chi connectivity index (χ0v) is 22.0. The molecule has 0 aliphatic rings. The van der Waals surface area contributed by atoms with Crippen molar-refractivity contribution in [1.82, 2.24) is 24.5 Å². The summed E-state index contributed by atoms with van der Waals surface area (Å²) in [6.07, 6.45) is 1.68. The fourth-order valence-corrected chi connectivity index (χ4v) is 4.38. The van der Waals surface area contributed by atoms with Gasteiger partial charge in [-0.3, -0.25) is 9.36 Å². The Kier molecular flexibility index (Phi) is 6.77. The first kappa shape index (κ1) is 25.0. The van der Waals surface area contributed by atoms with E-state index in [9.17, 15) is 9.90 Å². The standard InChI is InChI=1S/C25H26ClN5O3S/c1-13-7-8-17(21-14(2)10-27-24(30-21)25(5,6)33)9-19(13)31-15(3)28-22(20(26)23(31)32)34-11-18-12-35-16(4)29-18/h7-10,12,33H,11H2,1-6H3. The molecule has 0 radical (unpaired) electrons. The molecular formula is C25H26ClN5O3S. The molecule has 0 aliphatic heterocycles. The van der Waals surface area contributed by atoms with E-state index in [0.29, 0.717) is 23.0 Å². The molecule has 3 aromatic heterocycles. The van der Waals surface area contributed by atoms with E-state index >= 15 is 0 Å². The average Bonchev–Trinajstić information content (AvgIpc) is 3.21. The van der Waals surface area contributed by atoms with Gasteiger partial charge in [-0.15, -0.1) is 11.3 Å². The second-order valence-electron chi connectivity index (χ2n) is 8.85. The summed E-state index contributed by atoms with van der Waals surface area (Å²) in [7, 11) is 0. The van der Waals surface area contributed by atoms with Gasteiger partial charge >= 0.3 is 0 Å². The lowest BCUT2D eigenvalue weighted by Crippen LogP contribution is -2.24. The van der Waals surface area contributed by atoms with Gasteiger partial charge in [-0.05, 0) is 58.7 Å². The Morgan fingerprint density at radius 2 is 1.86 bits per heavy atom. The first-order chi connectivity index (χ1) is 16.5. The van der Waals surface area contributed by atoms with E-state index < -0.39 is 11.2 Å². The zero-order valence-electron chi connectivity index (χ0n) is 20.4. The lowest BCUT2D eigenvalue weighted by Gasteiger charge is -2.18. The first-order valence-electron chi connectivity index (χ1n) is 11.0. The third kappa shape index (κ3) is 5.12. The van der Waals surface area contributed by atoms with Crippen LogP contribution in [0.1, 0.15) is 47.3 Å². The van der Waals surface area contributed by atoms with Crippen LogP contribution < -0.4 is 10.3 Å². The van der Waals surface area contributed by atoms with Crippen LogP contribution in [0.4, 0.5) is 0 Å². The number of hydrogen-bond donors (Lipinski definition) is 1. The highest BCUT2D eigenvalue weighted by Gasteiger charge is 2.22. The van der Waals surface area contributed by atoms with E-state index in [4.69, 9.17) is 16.3 Å². The van der Waals surface area contributed by atoms with Gasteiger partial charge in [-0.2, -0.15) is 4.98 Å². The predicted octanol–water partition coefficient (Wildman–Crippen LogP) is 4.84. The molecule has 0 bridgehead atoms. The fraction of sp³-hybridized carbons (Fsp3) is 0.320. The Bertz CT molecular complexity index is 1470. The predicted molar refractivity (Wildman–Crippen MR) is 137 cm³/mol. The molecule has 0 saturated heterocycles.